The predicted octanol–water partition coefficient (Wildman–Crippen LogP) is 5.02. The fraction of sp³-hybridized carbons (Fsp3) is 0.471. The summed E-state index contributed by atoms with van der Waals surface area (Å²) in [6, 6.07) is 9.92. The number of rotatable bonds is 2. The van der Waals surface area contributed by atoms with E-state index >= 15 is 0 Å². The zero-order chi connectivity index (χ0) is 13.8. The second-order valence-electron chi connectivity index (χ2n) is 6.27. The van der Waals surface area contributed by atoms with E-state index in [1.807, 2.05) is 34.4 Å². The summed E-state index contributed by atoms with van der Waals surface area (Å²) in [5, 5.41) is 0. The van der Waals surface area contributed by atoms with Crippen LogP contribution in [0.5, 0.6) is 0 Å². The molecular formula is C17H18N2S2. The molecule has 2 aromatic rings. The molecule has 1 aromatic carbocycles. The third-order valence-corrected chi connectivity index (χ3v) is 7.38. The first-order valence-electron chi connectivity index (χ1n) is 7.94. The molecule has 108 valence electrons. The van der Waals surface area contributed by atoms with E-state index in [0.717, 1.165) is 17.6 Å². The molecule has 1 aromatic heterocycles. The highest BCUT2D eigenvalue weighted by Crippen LogP contribution is 2.52. The van der Waals surface area contributed by atoms with Crippen LogP contribution in [0.3, 0.4) is 0 Å². The van der Waals surface area contributed by atoms with Crippen molar-refractivity contribution in [1.29, 1.82) is 0 Å². The Morgan fingerprint density at radius 1 is 1.10 bits per heavy atom. The topological polar surface area (TPSA) is 16.1 Å². The average Bonchev–Trinajstić information content (AvgIpc) is 2.94. The van der Waals surface area contributed by atoms with Gasteiger partial charge in [-0.15, -0.1) is 11.3 Å². The molecule has 2 aliphatic carbocycles. The molecule has 0 N–H and O–H groups in total. The molecule has 2 nitrogen and oxygen atoms in total. The van der Waals surface area contributed by atoms with E-state index in [-0.39, 0.29) is 0 Å². The quantitative estimate of drug-likeness (QED) is 0.572. The van der Waals surface area contributed by atoms with E-state index in [4.69, 9.17) is 4.98 Å². The van der Waals surface area contributed by atoms with Crippen molar-refractivity contribution in [2.24, 2.45) is 0 Å². The van der Waals surface area contributed by atoms with Gasteiger partial charge >= 0.3 is 0 Å². The van der Waals surface area contributed by atoms with Crippen LogP contribution >= 0.6 is 23.3 Å². The maximum Gasteiger partial charge on any atom is 0.166 e. The number of para-hydroxylation sites is 1. The van der Waals surface area contributed by atoms with Crippen molar-refractivity contribution in [3.63, 3.8) is 0 Å². The van der Waals surface area contributed by atoms with Crippen molar-refractivity contribution in [2.45, 2.75) is 54.9 Å². The molecule has 0 spiro atoms. The minimum Gasteiger partial charge on any atom is -0.230 e. The highest BCUT2D eigenvalue weighted by molar-refractivity contribution is 7.99. The Bertz CT molecular complexity index is 678. The third-order valence-electron chi connectivity index (χ3n) is 5.11. The third kappa shape index (κ3) is 1.92. The van der Waals surface area contributed by atoms with Crippen LogP contribution in [0.15, 0.2) is 39.8 Å². The van der Waals surface area contributed by atoms with Gasteiger partial charge in [0.1, 0.15) is 0 Å². The zero-order valence-corrected chi connectivity index (χ0v) is 13.6. The Kier molecular flexibility index (Phi) is 2.92. The maximum atomic E-state index is 4.80. The van der Waals surface area contributed by atoms with Crippen LogP contribution in [0.25, 0.3) is 10.2 Å². The monoisotopic (exact) mass is 314 g/mol. The molecule has 2 unspecified atom stereocenters. The van der Waals surface area contributed by atoms with Gasteiger partial charge in [-0.3, -0.25) is 0 Å². The van der Waals surface area contributed by atoms with E-state index in [0.29, 0.717) is 0 Å². The summed E-state index contributed by atoms with van der Waals surface area (Å²) in [6.07, 6.45) is 8.23. The fourth-order valence-corrected chi connectivity index (χ4v) is 6.59. The maximum absolute atomic E-state index is 4.80. The number of thiazole rings is 1. The highest BCUT2D eigenvalue weighted by atomic mass is 32.2. The SMILES string of the molecule is c1ccc2sc(SN3C4CCCC5=C4C3CCC5)nc2c1. The lowest BCUT2D eigenvalue weighted by Gasteiger charge is -2.55. The van der Waals surface area contributed by atoms with Gasteiger partial charge in [0.2, 0.25) is 0 Å². The van der Waals surface area contributed by atoms with Crippen LogP contribution < -0.4 is 0 Å². The molecule has 21 heavy (non-hydrogen) atoms. The van der Waals surface area contributed by atoms with Crippen molar-refractivity contribution in [2.75, 3.05) is 0 Å². The first-order valence-corrected chi connectivity index (χ1v) is 9.53. The summed E-state index contributed by atoms with van der Waals surface area (Å²) >= 11 is 3.76. The van der Waals surface area contributed by atoms with Crippen molar-refractivity contribution in [3.05, 3.63) is 35.4 Å². The molecule has 2 atom stereocenters. The predicted molar refractivity (Wildman–Crippen MR) is 89.6 cm³/mol. The second kappa shape index (κ2) is 4.83. The van der Waals surface area contributed by atoms with Gasteiger partial charge < -0.3 is 0 Å². The van der Waals surface area contributed by atoms with E-state index in [9.17, 15) is 0 Å². The smallest absolute Gasteiger partial charge is 0.166 e. The molecule has 3 aliphatic rings. The molecule has 1 saturated heterocycles. The summed E-state index contributed by atoms with van der Waals surface area (Å²) in [7, 11) is 0. The first-order chi connectivity index (χ1) is 10.4. The molecule has 0 radical (unpaired) electrons. The zero-order valence-electron chi connectivity index (χ0n) is 11.9. The van der Waals surface area contributed by atoms with E-state index < -0.39 is 0 Å². The minimum atomic E-state index is 0.719. The summed E-state index contributed by atoms with van der Waals surface area (Å²) in [5.74, 6) is 0. The molecular weight excluding hydrogens is 296 g/mol. The molecule has 2 heterocycles. The second-order valence-corrected chi connectivity index (χ2v) is 8.55. The number of nitrogens with zero attached hydrogens (tertiary/aromatic N) is 2. The van der Waals surface area contributed by atoms with Crippen LogP contribution in [0.4, 0.5) is 0 Å². The number of benzene rings is 1. The lowest BCUT2D eigenvalue weighted by molar-refractivity contribution is 0.168. The number of fused-ring (bicyclic) bond motifs is 1. The van der Waals surface area contributed by atoms with Crippen LogP contribution in [0, 0.1) is 0 Å². The largest absolute Gasteiger partial charge is 0.230 e. The van der Waals surface area contributed by atoms with Gasteiger partial charge in [0.05, 0.1) is 10.2 Å². The highest BCUT2D eigenvalue weighted by Gasteiger charge is 2.48. The van der Waals surface area contributed by atoms with Crippen molar-refractivity contribution >= 4 is 33.5 Å². The van der Waals surface area contributed by atoms with Gasteiger partial charge in [-0.25, -0.2) is 9.29 Å². The lowest BCUT2D eigenvalue weighted by Crippen LogP contribution is -2.57. The van der Waals surface area contributed by atoms with Crippen LogP contribution in [0.2, 0.25) is 0 Å². The summed E-state index contributed by atoms with van der Waals surface area (Å²) in [4.78, 5) is 4.80. The van der Waals surface area contributed by atoms with Gasteiger partial charge in [-0.1, -0.05) is 17.7 Å². The molecule has 1 aliphatic heterocycles. The molecule has 4 heteroatoms. The van der Waals surface area contributed by atoms with Crippen molar-refractivity contribution in [1.82, 2.24) is 9.29 Å². The normalized spacial score (nSPS) is 28.6. The first kappa shape index (κ1) is 12.7. The average molecular weight is 314 g/mol. The minimum absolute atomic E-state index is 0.719. The lowest BCUT2D eigenvalue weighted by atomic mass is 9.71. The Hall–Kier alpha value is -0.840. The number of aromatic nitrogens is 1. The van der Waals surface area contributed by atoms with Crippen molar-refractivity contribution in [3.8, 4) is 0 Å². The summed E-state index contributed by atoms with van der Waals surface area (Å²) in [6.45, 7) is 0. The molecule has 0 saturated carbocycles. The summed E-state index contributed by atoms with van der Waals surface area (Å²) in [5.41, 5.74) is 4.78. The Balaban J connectivity index is 1.45. The fourth-order valence-electron chi connectivity index (χ4n) is 4.21. The van der Waals surface area contributed by atoms with E-state index in [2.05, 4.69) is 28.6 Å². The van der Waals surface area contributed by atoms with Crippen LogP contribution in [-0.4, -0.2) is 21.4 Å². The standard InChI is InChI=1S/C17H18N2S2/c1-2-10-15-12(7-1)18-17(20-15)21-19-13-8-3-5-11-6-4-9-14(19)16(11)13/h1-2,7,10,13-14H,3-6,8-9H2. The van der Waals surface area contributed by atoms with E-state index in [1.165, 1.54) is 47.6 Å². The van der Waals surface area contributed by atoms with Gasteiger partial charge in [0.15, 0.2) is 4.34 Å². The molecule has 0 amide bonds. The molecule has 0 bridgehead atoms. The Morgan fingerprint density at radius 2 is 1.86 bits per heavy atom. The van der Waals surface area contributed by atoms with E-state index in [1.54, 1.807) is 0 Å². The Labute approximate surface area is 133 Å². The van der Waals surface area contributed by atoms with Gasteiger partial charge in [0, 0.05) is 12.1 Å². The van der Waals surface area contributed by atoms with Gasteiger partial charge in [0.25, 0.3) is 0 Å². The summed E-state index contributed by atoms with van der Waals surface area (Å²) < 4.78 is 5.18. The number of allylic oxidation sites excluding steroid dienone is 1. The van der Waals surface area contributed by atoms with Gasteiger partial charge in [-0.2, -0.15) is 0 Å². The Morgan fingerprint density at radius 3 is 2.62 bits per heavy atom. The van der Waals surface area contributed by atoms with Crippen molar-refractivity contribution < 1.29 is 0 Å². The van der Waals surface area contributed by atoms with Crippen LogP contribution in [-0.2, 0) is 0 Å². The number of hydrogen-bond donors (Lipinski definition) is 0. The van der Waals surface area contributed by atoms with Gasteiger partial charge in [-0.05, 0) is 68.2 Å². The molecule has 5 rings (SSSR count). The molecule has 1 fully saturated rings. The van der Waals surface area contributed by atoms with Crippen LogP contribution in [0.1, 0.15) is 38.5 Å². The number of hydrogen-bond acceptors (Lipinski definition) is 4.